The molecule has 0 aliphatic rings. The Balaban J connectivity index is 1.78. The summed E-state index contributed by atoms with van der Waals surface area (Å²) in [6.45, 7) is 2.04. The number of nitrogens with zero attached hydrogens (tertiary/aromatic N) is 3. The molecule has 0 saturated heterocycles. The minimum absolute atomic E-state index is 0.0596. The van der Waals surface area contributed by atoms with Crippen molar-refractivity contribution in [3.8, 4) is 22.3 Å². The highest BCUT2D eigenvalue weighted by molar-refractivity contribution is 7.17. The minimum Gasteiger partial charge on any atom is -0.236 e. The predicted octanol–water partition coefficient (Wildman–Crippen LogP) is 5.30. The summed E-state index contributed by atoms with van der Waals surface area (Å²) in [4.78, 5) is 4.52. The lowest BCUT2D eigenvalue weighted by molar-refractivity contribution is 0.104. The summed E-state index contributed by atoms with van der Waals surface area (Å²) in [7, 11) is 1.57. The Bertz CT molecular complexity index is 1080. The van der Waals surface area contributed by atoms with E-state index in [1.165, 1.54) is 17.7 Å². The molecule has 0 fully saturated rings. The Morgan fingerprint density at radius 3 is 2.46 bits per heavy atom. The normalized spacial score (nSPS) is 11.8. The fourth-order valence-corrected chi connectivity index (χ4v) is 3.05. The van der Waals surface area contributed by atoms with Crippen molar-refractivity contribution in [2.24, 2.45) is 0 Å². The third kappa shape index (κ3) is 3.11. The zero-order valence-corrected chi connectivity index (χ0v) is 15.2. The third-order valence-corrected chi connectivity index (χ3v) is 4.63. The molecule has 0 spiro atoms. The number of halogens is 2. The first-order valence-corrected chi connectivity index (χ1v) is 8.67. The van der Waals surface area contributed by atoms with Crippen LogP contribution in [0.2, 0.25) is 0 Å². The van der Waals surface area contributed by atoms with Crippen molar-refractivity contribution in [2.75, 3.05) is 0 Å². The van der Waals surface area contributed by atoms with Gasteiger partial charge in [-0.1, -0.05) is 57.3 Å². The second-order valence-corrected chi connectivity index (χ2v) is 6.96. The maximum absolute atomic E-state index is 13.6. The highest BCUT2D eigenvalue weighted by atomic mass is 31.0. The van der Waals surface area contributed by atoms with Gasteiger partial charge in [0.05, 0.1) is 6.20 Å². The summed E-state index contributed by atoms with van der Waals surface area (Å²) >= 11 is 0. The topological polar surface area (TPSA) is 30.2 Å². The van der Waals surface area contributed by atoms with E-state index in [2.05, 4.69) is 10.1 Å². The lowest BCUT2D eigenvalue weighted by Gasteiger charge is -2.11. The van der Waals surface area contributed by atoms with Gasteiger partial charge in [-0.05, 0) is 24.1 Å². The Kier molecular flexibility index (Phi) is 4.04. The van der Waals surface area contributed by atoms with E-state index in [1.807, 2.05) is 37.4 Å². The molecule has 2 heterocycles. The van der Waals surface area contributed by atoms with Crippen molar-refractivity contribution in [3.05, 3.63) is 78.2 Å². The molecule has 0 saturated carbocycles. The second kappa shape index (κ2) is 6.26. The van der Waals surface area contributed by atoms with Gasteiger partial charge in [-0.25, -0.2) is 9.50 Å². The van der Waals surface area contributed by atoms with Crippen LogP contribution in [0.4, 0.5) is 8.78 Å². The van der Waals surface area contributed by atoms with Gasteiger partial charge in [-0.15, -0.1) is 0 Å². The molecule has 3 nitrogen and oxygen atoms in total. The monoisotopic (exact) mass is 367 g/mol. The largest absolute Gasteiger partial charge is 0.283 e. The minimum atomic E-state index is -2.97. The SMILES string of the molecule is Cc1ccc(-c2cnc3c(-c4cccc(C(F)(F)P)c4)cnn3c2)cc1. The van der Waals surface area contributed by atoms with Gasteiger partial charge in [0.2, 0.25) is 0 Å². The van der Waals surface area contributed by atoms with Gasteiger partial charge in [-0.3, -0.25) is 0 Å². The van der Waals surface area contributed by atoms with Crippen LogP contribution < -0.4 is 0 Å². The van der Waals surface area contributed by atoms with Gasteiger partial charge in [0.1, 0.15) is 0 Å². The van der Waals surface area contributed by atoms with Crippen LogP contribution in [0.25, 0.3) is 27.9 Å². The van der Waals surface area contributed by atoms with Crippen molar-refractivity contribution < 1.29 is 8.78 Å². The molecule has 0 N–H and O–H groups in total. The lowest BCUT2D eigenvalue weighted by atomic mass is 10.1. The number of hydrogen-bond acceptors (Lipinski definition) is 2. The highest BCUT2D eigenvalue weighted by Crippen LogP contribution is 2.37. The van der Waals surface area contributed by atoms with Gasteiger partial charge in [-0.2, -0.15) is 13.9 Å². The van der Waals surface area contributed by atoms with Crippen LogP contribution in [0, 0.1) is 6.92 Å². The molecule has 1 unspecified atom stereocenters. The average molecular weight is 367 g/mol. The molecule has 130 valence electrons. The molecule has 0 radical (unpaired) electrons. The van der Waals surface area contributed by atoms with Crippen molar-refractivity contribution >= 4 is 14.9 Å². The van der Waals surface area contributed by atoms with Gasteiger partial charge in [0, 0.05) is 29.1 Å². The number of benzene rings is 2. The van der Waals surface area contributed by atoms with E-state index < -0.39 is 5.66 Å². The number of hydrogen-bond donors (Lipinski definition) is 0. The lowest BCUT2D eigenvalue weighted by Crippen LogP contribution is -2.02. The van der Waals surface area contributed by atoms with Gasteiger partial charge in [0.25, 0.3) is 5.66 Å². The van der Waals surface area contributed by atoms with E-state index in [9.17, 15) is 8.78 Å². The molecule has 4 rings (SSSR count). The Morgan fingerprint density at radius 2 is 1.73 bits per heavy atom. The summed E-state index contributed by atoms with van der Waals surface area (Å²) in [6, 6.07) is 14.4. The smallest absolute Gasteiger partial charge is 0.236 e. The Hall–Kier alpha value is -2.65. The van der Waals surface area contributed by atoms with Crippen molar-refractivity contribution in [2.45, 2.75) is 12.6 Å². The average Bonchev–Trinajstić information content (AvgIpc) is 3.05. The zero-order valence-electron chi connectivity index (χ0n) is 14.0. The quantitative estimate of drug-likeness (QED) is 0.460. The molecule has 26 heavy (non-hydrogen) atoms. The fourth-order valence-electron chi connectivity index (χ4n) is 2.87. The van der Waals surface area contributed by atoms with Crippen LogP contribution in [-0.2, 0) is 5.66 Å². The first kappa shape index (κ1) is 16.8. The molecule has 4 aromatic rings. The van der Waals surface area contributed by atoms with E-state index >= 15 is 0 Å². The molecule has 0 aliphatic heterocycles. The van der Waals surface area contributed by atoms with E-state index in [0.29, 0.717) is 11.2 Å². The van der Waals surface area contributed by atoms with Gasteiger partial charge in [0.15, 0.2) is 5.65 Å². The Labute approximate surface area is 151 Å². The molecule has 2 aromatic heterocycles. The van der Waals surface area contributed by atoms with E-state index in [-0.39, 0.29) is 5.56 Å². The number of rotatable bonds is 3. The predicted molar refractivity (Wildman–Crippen MR) is 102 cm³/mol. The second-order valence-electron chi connectivity index (χ2n) is 6.24. The maximum atomic E-state index is 13.6. The van der Waals surface area contributed by atoms with Crippen molar-refractivity contribution in [1.82, 2.24) is 14.6 Å². The van der Waals surface area contributed by atoms with Crippen molar-refractivity contribution in [1.29, 1.82) is 0 Å². The molecular formula is C20H16F2N3P. The van der Waals surface area contributed by atoms with Crippen LogP contribution in [-0.4, -0.2) is 14.6 Å². The molecule has 0 amide bonds. The van der Waals surface area contributed by atoms with Gasteiger partial charge >= 0.3 is 0 Å². The third-order valence-electron chi connectivity index (χ3n) is 4.30. The zero-order chi connectivity index (χ0) is 18.3. The summed E-state index contributed by atoms with van der Waals surface area (Å²) in [6.07, 6.45) is 5.32. The summed E-state index contributed by atoms with van der Waals surface area (Å²) in [5, 5.41) is 4.35. The summed E-state index contributed by atoms with van der Waals surface area (Å²) in [5.74, 6) is 0. The fraction of sp³-hybridized carbons (Fsp3) is 0.100. The molecular weight excluding hydrogens is 351 g/mol. The number of fused-ring (bicyclic) bond motifs is 1. The van der Waals surface area contributed by atoms with E-state index in [4.69, 9.17) is 0 Å². The number of aromatic nitrogens is 3. The van der Waals surface area contributed by atoms with Crippen molar-refractivity contribution in [3.63, 3.8) is 0 Å². The molecule has 0 bridgehead atoms. The summed E-state index contributed by atoms with van der Waals surface area (Å²) in [5.41, 5.74) is 2.16. The molecule has 2 aromatic carbocycles. The number of alkyl halides is 2. The van der Waals surface area contributed by atoms with Crippen LogP contribution in [0.1, 0.15) is 11.1 Å². The van der Waals surface area contributed by atoms with E-state index in [0.717, 1.165) is 16.7 Å². The molecule has 0 aliphatic carbocycles. The van der Waals surface area contributed by atoms with Gasteiger partial charge < -0.3 is 0 Å². The summed E-state index contributed by atoms with van der Waals surface area (Å²) < 4.78 is 28.8. The number of aryl methyl sites for hydroxylation is 1. The van der Waals surface area contributed by atoms with Crippen LogP contribution in [0.15, 0.2) is 67.1 Å². The Morgan fingerprint density at radius 1 is 0.962 bits per heavy atom. The van der Waals surface area contributed by atoms with Crippen LogP contribution in [0.5, 0.6) is 0 Å². The highest BCUT2D eigenvalue weighted by Gasteiger charge is 2.25. The van der Waals surface area contributed by atoms with Crippen LogP contribution >= 0.6 is 9.24 Å². The molecule has 6 heteroatoms. The molecule has 1 atom stereocenters. The standard InChI is InChI=1S/C20H16F2N3P/c1-13-5-7-14(8-6-13)16-10-23-19-18(11-24-25(19)12-16)15-3-2-4-17(9-15)20(21,22)26/h2-12H,26H2,1H3. The first-order chi connectivity index (χ1) is 12.4. The maximum Gasteiger partial charge on any atom is 0.283 e. The van der Waals surface area contributed by atoms with Crippen LogP contribution in [0.3, 0.4) is 0 Å². The first-order valence-electron chi connectivity index (χ1n) is 8.10. The van der Waals surface area contributed by atoms with E-state index in [1.54, 1.807) is 38.3 Å².